The molecule has 0 aromatic heterocycles. The highest BCUT2D eigenvalue weighted by atomic mass is 32.1. The van der Waals surface area contributed by atoms with E-state index in [0.29, 0.717) is 6.54 Å². The third-order valence-corrected chi connectivity index (χ3v) is 1.13. The van der Waals surface area contributed by atoms with Gasteiger partial charge in [0.25, 0.3) is 0 Å². The minimum atomic E-state index is 0.327. The molecule has 2 radical (unpaired) electrons. The lowest BCUT2D eigenvalue weighted by Gasteiger charge is -1.89. The van der Waals surface area contributed by atoms with E-state index in [4.69, 9.17) is 5.73 Å². The molecular formula is C5H11NS. The molecule has 7 heavy (non-hydrogen) atoms. The van der Waals surface area contributed by atoms with E-state index in [-0.39, 0.29) is 0 Å². The maximum absolute atomic E-state index is 8.27. The average molecular weight is 117 g/mol. The van der Waals surface area contributed by atoms with Crippen LogP contribution in [0, 0.1) is 0 Å². The minimum Gasteiger partial charge on any atom is -0.179 e. The molecule has 0 N–H and O–H groups in total. The van der Waals surface area contributed by atoms with Crippen LogP contribution in [0.2, 0.25) is 0 Å². The van der Waals surface area contributed by atoms with Crippen LogP contribution in [0.5, 0.6) is 0 Å². The summed E-state index contributed by atoms with van der Waals surface area (Å²) in [6.45, 7) is 0.327. The molecule has 1 nitrogen and oxygen atoms in total. The Kier molecular flexibility index (Phi) is 6.59. The van der Waals surface area contributed by atoms with Crippen molar-refractivity contribution in [3.05, 3.63) is 0 Å². The molecule has 0 spiro atoms. The highest BCUT2D eigenvalue weighted by molar-refractivity contribution is 7.80. The number of rotatable bonds is 4. The summed E-state index contributed by atoms with van der Waals surface area (Å²) in [5.41, 5.74) is 8.27. The molecule has 0 aliphatic heterocycles. The molecular weight excluding hydrogens is 106 g/mol. The molecule has 0 saturated heterocycles. The van der Waals surface area contributed by atoms with Crippen LogP contribution in [0.4, 0.5) is 0 Å². The van der Waals surface area contributed by atoms with Crippen LogP contribution in [0.3, 0.4) is 0 Å². The quantitative estimate of drug-likeness (QED) is 0.421. The molecule has 2 heteroatoms. The van der Waals surface area contributed by atoms with Crippen LogP contribution >= 0.6 is 12.6 Å². The summed E-state index contributed by atoms with van der Waals surface area (Å²) < 4.78 is 0. The molecule has 0 aliphatic carbocycles. The first kappa shape index (κ1) is 7.31. The topological polar surface area (TPSA) is 22.3 Å². The monoisotopic (exact) mass is 117 g/mol. The zero-order valence-electron chi connectivity index (χ0n) is 4.43. The zero-order chi connectivity index (χ0) is 5.54. The highest BCUT2D eigenvalue weighted by Crippen LogP contribution is 1.93. The Bertz CT molecular complexity index is 27.3. The lowest BCUT2D eigenvalue weighted by atomic mass is 10.2. The van der Waals surface area contributed by atoms with Crippen molar-refractivity contribution in [1.82, 2.24) is 5.73 Å². The van der Waals surface area contributed by atoms with Crippen molar-refractivity contribution in [1.29, 1.82) is 0 Å². The van der Waals surface area contributed by atoms with Gasteiger partial charge in [0, 0.05) is 6.54 Å². The Morgan fingerprint density at radius 2 is 1.86 bits per heavy atom. The van der Waals surface area contributed by atoms with Crippen molar-refractivity contribution in [2.45, 2.75) is 19.3 Å². The first-order valence-electron chi connectivity index (χ1n) is 2.63. The number of hydrogen-bond acceptors (Lipinski definition) is 1. The van der Waals surface area contributed by atoms with Gasteiger partial charge in [0.15, 0.2) is 0 Å². The lowest BCUT2D eigenvalue weighted by molar-refractivity contribution is 0.724. The van der Waals surface area contributed by atoms with Crippen LogP contribution in [0.15, 0.2) is 0 Å². The van der Waals surface area contributed by atoms with Gasteiger partial charge in [0.05, 0.1) is 0 Å². The number of thiol groups is 1. The van der Waals surface area contributed by atoms with E-state index in [1.807, 2.05) is 0 Å². The van der Waals surface area contributed by atoms with Gasteiger partial charge in [0.2, 0.25) is 0 Å². The number of nitrogens with zero attached hydrogens (tertiary/aromatic N) is 1. The van der Waals surface area contributed by atoms with Gasteiger partial charge < -0.3 is 0 Å². The normalized spacial score (nSPS) is 9.43. The second-order valence-corrected chi connectivity index (χ2v) is 1.96. The Balaban J connectivity index is 2.45. The van der Waals surface area contributed by atoms with Gasteiger partial charge in [-0.3, -0.25) is 0 Å². The van der Waals surface area contributed by atoms with E-state index in [0.717, 1.165) is 25.0 Å². The van der Waals surface area contributed by atoms with Crippen molar-refractivity contribution >= 4 is 12.6 Å². The molecule has 0 fully saturated rings. The molecule has 0 unspecified atom stereocenters. The van der Waals surface area contributed by atoms with E-state index in [1.54, 1.807) is 0 Å². The van der Waals surface area contributed by atoms with Crippen molar-refractivity contribution in [2.75, 3.05) is 12.3 Å². The van der Waals surface area contributed by atoms with Gasteiger partial charge in [-0.2, -0.15) is 12.6 Å². The Morgan fingerprint density at radius 3 is 2.29 bits per heavy atom. The first-order valence-corrected chi connectivity index (χ1v) is 3.26. The third kappa shape index (κ3) is 6.31. The average Bonchev–Trinajstić information content (AvgIpc) is 1.69. The molecule has 0 aliphatic rings. The molecule has 0 aromatic rings. The highest BCUT2D eigenvalue weighted by Gasteiger charge is 1.81. The lowest BCUT2D eigenvalue weighted by Crippen LogP contribution is -1.84. The van der Waals surface area contributed by atoms with E-state index in [1.165, 1.54) is 0 Å². The summed E-state index contributed by atoms with van der Waals surface area (Å²) in [4.78, 5) is 0. The molecule has 0 amide bonds. The van der Waals surface area contributed by atoms with Gasteiger partial charge in [-0.15, -0.1) is 5.73 Å². The number of unbranched alkanes of at least 4 members (excludes halogenated alkanes) is 2. The van der Waals surface area contributed by atoms with E-state index < -0.39 is 0 Å². The summed E-state index contributed by atoms with van der Waals surface area (Å²) in [5, 5.41) is 0. The largest absolute Gasteiger partial charge is 0.179 e. The summed E-state index contributed by atoms with van der Waals surface area (Å²) in [7, 11) is 0. The van der Waals surface area contributed by atoms with Crippen molar-refractivity contribution < 1.29 is 0 Å². The van der Waals surface area contributed by atoms with Crippen LogP contribution in [-0.2, 0) is 0 Å². The first-order chi connectivity index (χ1) is 3.41. The summed E-state index contributed by atoms with van der Waals surface area (Å²) in [6.07, 6.45) is 3.17. The molecule has 0 heterocycles. The van der Waals surface area contributed by atoms with Crippen LogP contribution in [0.1, 0.15) is 19.3 Å². The van der Waals surface area contributed by atoms with Crippen LogP contribution in [-0.4, -0.2) is 12.3 Å². The van der Waals surface area contributed by atoms with Crippen molar-refractivity contribution in [3.8, 4) is 0 Å². The second-order valence-electron chi connectivity index (χ2n) is 1.51. The van der Waals surface area contributed by atoms with E-state index in [9.17, 15) is 0 Å². The molecule has 42 valence electrons. The summed E-state index contributed by atoms with van der Waals surface area (Å²) >= 11 is 4.01. The van der Waals surface area contributed by atoms with Crippen LogP contribution < -0.4 is 5.73 Å². The smallest absolute Gasteiger partial charge is 0.0321 e. The van der Waals surface area contributed by atoms with Crippen molar-refractivity contribution in [3.63, 3.8) is 0 Å². The van der Waals surface area contributed by atoms with Crippen molar-refractivity contribution in [2.24, 2.45) is 0 Å². The predicted molar refractivity (Wildman–Crippen MR) is 34.7 cm³/mol. The van der Waals surface area contributed by atoms with Gasteiger partial charge in [-0.1, -0.05) is 6.42 Å². The zero-order valence-corrected chi connectivity index (χ0v) is 5.32. The number of hydrogen-bond donors (Lipinski definition) is 1. The molecule has 0 bridgehead atoms. The van der Waals surface area contributed by atoms with Crippen LogP contribution in [0.25, 0.3) is 0 Å². The van der Waals surface area contributed by atoms with Gasteiger partial charge in [-0.25, -0.2) is 0 Å². The van der Waals surface area contributed by atoms with Gasteiger partial charge in [-0.05, 0) is 18.6 Å². The fourth-order valence-corrected chi connectivity index (χ4v) is 0.624. The minimum absolute atomic E-state index is 0.327. The van der Waals surface area contributed by atoms with Gasteiger partial charge >= 0.3 is 0 Å². The maximum atomic E-state index is 8.27. The molecule has 0 saturated carbocycles. The van der Waals surface area contributed by atoms with E-state index >= 15 is 0 Å². The van der Waals surface area contributed by atoms with Gasteiger partial charge in [0.1, 0.15) is 0 Å². The Hall–Kier alpha value is 0.310. The molecule has 0 atom stereocenters. The SMILES string of the molecule is [N]CCCCCS. The van der Waals surface area contributed by atoms with E-state index in [2.05, 4.69) is 12.6 Å². The summed E-state index contributed by atoms with van der Waals surface area (Å²) in [6, 6.07) is 0. The Morgan fingerprint density at radius 1 is 1.14 bits per heavy atom. The summed E-state index contributed by atoms with van der Waals surface area (Å²) in [5.74, 6) is 0.944. The Labute approximate surface area is 50.7 Å². The molecule has 0 rings (SSSR count). The second kappa shape index (κ2) is 6.31. The fraction of sp³-hybridized carbons (Fsp3) is 1.00. The predicted octanol–water partition coefficient (Wildman–Crippen LogP) is 1.16. The third-order valence-electron chi connectivity index (χ3n) is 0.816. The maximum Gasteiger partial charge on any atom is 0.0321 e. The fourth-order valence-electron chi connectivity index (χ4n) is 0.400. The molecule has 0 aromatic carbocycles. The standard InChI is InChI=1S/C5H11NS/c6-4-2-1-3-5-7/h7H,1-5H2.